The summed E-state index contributed by atoms with van der Waals surface area (Å²) in [6, 6.07) is 4.95. The van der Waals surface area contributed by atoms with Gasteiger partial charge in [0.15, 0.2) is 0 Å². The summed E-state index contributed by atoms with van der Waals surface area (Å²) in [4.78, 5) is 13.6. The summed E-state index contributed by atoms with van der Waals surface area (Å²) in [6.07, 6.45) is 1.56. The lowest BCUT2D eigenvalue weighted by atomic mass is 10.0. The summed E-state index contributed by atoms with van der Waals surface area (Å²) in [5, 5.41) is 10.1. The van der Waals surface area contributed by atoms with Gasteiger partial charge in [0.2, 0.25) is 0 Å². The number of carboxylic acid groups (broad SMARTS) is 1. The first-order chi connectivity index (χ1) is 7.59. The Morgan fingerprint density at radius 1 is 1.56 bits per heavy atom. The molecule has 1 unspecified atom stereocenters. The Hall–Kier alpha value is -1.52. The van der Waals surface area contributed by atoms with Crippen molar-refractivity contribution in [1.29, 1.82) is 0 Å². The number of benzene rings is 1. The van der Waals surface area contributed by atoms with E-state index in [0.29, 0.717) is 5.02 Å². The number of carboxylic acids is 1. The quantitative estimate of drug-likeness (QED) is 0.768. The van der Waals surface area contributed by atoms with Gasteiger partial charge in [0, 0.05) is 23.1 Å². The number of aromatic nitrogens is 1. The van der Waals surface area contributed by atoms with Crippen molar-refractivity contribution in [3.05, 3.63) is 35.0 Å². The number of halogens is 1. The molecule has 0 aliphatic rings. The lowest BCUT2D eigenvalue weighted by molar-refractivity contribution is -0.137. The molecule has 0 aliphatic carbocycles. The second-order valence-electron chi connectivity index (χ2n) is 3.61. The maximum atomic E-state index is 10.6. The molecule has 1 atom stereocenters. The van der Waals surface area contributed by atoms with Gasteiger partial charge >= 0.3 is 5.97 Å². The van der Waals surface area contributed by atoms with Crippen LogP contribution in [0.5, 0.6) is 0 Å². The largest absolute Gasteiger partial charge is 0.481 e. The van der Waals surface area contributed by atoms with Gasteiger partial charge in [-0.15, -0.1) is 0 Å². The van der Waals surface area contributed by atoms with E-state index < -0.39 is 12.0 Å². The number of hydrogen-bond acceptors (Lipinski definition) is 2. The summed E-state index contributed by atoms with van der Waals surface area (Å²) in [7, 11) is 0. The third-order valence-corrected chi connectivity index (χ3v) is 2.78. The maximum Gasteiger partial charge on any atom is 0.305 e. The van der Waals surface area contributed by atoms with Crippen LogP contribution in [0.2, 0.25) is 5.02 Å². The molecule has 0 saturated heterocycles. The number of hydrogen-bond donors (Lipinski definition) is 3. The van der Waals surface area contributed by atoms with E-state index in [2.05, 4.69) is 4.98 Å². The second-order valence-corrected chi connectivity index (χ2v) is 4.02. The van der Waals surface area contributed by atoms with E-state index in [4.69, 9.17) is 22.4 Å². The summed E-state index contributed by atoms with van der Waals surface area (Å²) in [5.41, 5.74) is 7.46. The monoisotopic (exact) mass is 238 g/mol. The summed E-state index contributed by atoms with van der Waals surface area (Å²) in [6.45, 7) is 0. The fourth-order valence-corrected chi connectivity index (χ4v) is 2.04. The van der Waals surface area contributed by atoms with Gasteiger partial charge in [-0.2, -0.15) is 0 Å². The molecule has 0 spiro atoms. The highest BCUT2D eigenvalue weighted by Gasteiger charge is 2.15. The summed E-state index contributed by atoms with van der Waals surface area (Å²) < 4.78 is 0. The molecule has 0 aliphatic heterocycles. The van der Waals surface area contributed by atoms with Crippen LogP contribution in [-0.4, -0.2) is 16.1 Å². The normalized spacial score (nSPS) is 12.9. The average molecular weight is 239 g/mol. The molecule has 16 heavy (non-hydrogen) atoms. The number of nitrogens with two attached hydrogens (primary N) is 1. The minimum atomic E-state index is -0.920. The third kappa shape index (κ3) is 1.89. The van der Waals surface area contributed by atoms with Crippen LogP contribution in [0.1, 0.15) is 18.0 Å². The van der Waals surface area contributed by atoms with Crippen LogP contribution < -0.4 is 5.73 Å². The number of aliphatic carboxylic acids is 1. The van der Waals surface area contributed by atoms with E-state index in [0.717, 1.165) is 16.5 Å². The van der Waals surface area contributed by atoms with Crippen LogP contribution in [0.3, 0.4) is 0 Å². The molecule has 1 aromatic heterocycles. The first kappa shape index (κ1) is 11.0. The number of fused-ring (bicyclic) bond motifs is 1. The molecule has 1 heterocycles. The van der Waals surface area contributed by atoms with Crippen molar-refractivity contribution in [3.63, 3.8) is 0 Å². The highest BCUT2D eigenvalue weighted by Crippen LogP contribution is 2.30. The number of H-pyrrole nitrogens is 1. The lowest BCUT2D eigenvalue weighted by Crippen LogP contribution is -2.15. The molecular weight excluding hydrogens is 228 g/mol. The smallest absolute Gasteiger partial charge is 0.305 e. The number of carbonyl (C=O) groups is 1. The second kappa shape index (κ2) is 4.15. The van der Waals surface area contributed by atoms with Crippen LogP contribution in [0.15, 0.2) is 24.4 Å². The van der Waals surface area contributed by atoms with Crippen LogP contribution >= 0.6 is 11.6 Å². The van der Waals surface area contributed by atoms with Crippen molar-refractivity contribution in [3.8, 4) is 0 Å². The van der Waals surface area contributed by atoms with Crippen LogP contribution in [0.25, 0.3) is 10.9 Å². The minimum absolute atomic E-state index is 0.110. The minimum Gasteiger partial charge on any atom is -0.481 e. The van der Waals surface area contributed by atoms with E-state index in [1.807, 2.05) is 12.1 Å². The number of aromatic amines is 1. The van der Waals surface area contributed by atoms with Crippen molar-refractivity contribution in [2.45, 2.75) is 12.5 Å². The first-order valence-corrected chi connectivity index (χ1v) is 5.20. The van der Waals surface area contributed by atoms with Crippen LogP contribution in [0.4, 0.5) is 0 Å². The van der Waals surface area contributed by atoms with Gasteiger partial charge in [-0.1, -0.05) is 23.7 Å². The predicted octanol–water partition coefficient (Wildman–Crippen LogP) is 2.30. The van der Waals surface area contributed by atoms with Crippen molar-refractivity contribution in [1.82, 2.24) is 4.98 Å². The Balaban J connectivity index is 2.50. The molecule has 84 valence electrons. The Kier molecular flexibility index (Phi) is 2.85. The molecule has 4 N–H and O–H groups in total. The molecule has 0 saturated carbocycles. The molecule has 0 bridgehead atoms. The van der Waals surface area contributed by atoms with Gasteiger partial charge in [-0.25, -0.2) is 0 Å². The molecule has 5 heteroatoms. The lowest BCUT2D eigenvalue weighted by Gasteiger charge is -2.10. The first-order valence-electron chi connectivity index (χ1n) is 4.82. The van der Waals surface area contributed by atoms with E-state index in [-0.39, 0.29) is 6.42 Å². The van der Waals surface area contributed by atoms with Gasteiger partial charge in [0.05, 0.1) is 11.4 Å². The zero-order valence-electron chi connectivity index (χ0n) is 8.40. The fraction of sp³-hybridized carbons (Fsp3) is 0.182. The Labute approximate surface area is 97.0 Å². The topological polar surface area (TPSA) is 79.1 Å². The zero-order valence-corrected chi connectivity index (χ0v) is 9.16. The molecule has 2 aromatic rings. The maximum absolute atomic E-state index is 10.6. The van der Waals surface area contributed by atoms with E-state index >= 15 is 0 Å². The van der Waals surface area contributed by atoms with E-state index in [1.54, 1.807) is 12.3 Å². The van der Waals surface area contributed by atoms with Crippen molar-refractivity contribution in [2.24, 2.45) is 5.73 Å². The summed E-state index contributed by atoms with van der Waals surface area (Å²) >= 11 is 6.02. The Morgan fingerprint density at radius 3 is 3.00 bits per heavy atom. The molecule has 1 aromatic carbocycles. The highest BCUT2D eigenvalue weighted by molar-refractivity contribution is 6.35. The van der Waals surface area contributed by atoms with Gasteiger partial charge in [0.1, 0.15) is 0 Å². The molecule has 0 fully saturated rings. The zero-order chi connectivity index (χ0) is 11.7. The van der Waals surface area contributed by atoms with Gasteiger partial charge in [0.25, 0.3) is 0 Å². The molecular formula is C11H11ClN2O2. The third-order valence-electron chi connectivity index (χ3n) is 2.48. The van der Waals surface area contributed by atoms with E-state index in [1.165, 1.54) is 0 Å². The van der Waals surface area contributed by atoms with Crippen LogP contribution in [-0.2, 0) is 4.79 Å². The Bertz CT molecular complexity index is 536. The SMILES string of the molecule is NC(CC(=O)O)c1cccc2[nH]cc(Cl)c12. The Morgan fingerprint density at radius 2 is 2.31 bits per heavy atom. The van der Waals surface area contributed by atoms with Gasteiger partial charge < -0.3 is 15.8 Å². The average Bonchev–Trinajstić information content (AvgIpc) is 2.59. The van der Waals surface area contributed by atoms with Gasteiger partial charge in [-0.05, 0) is 11.6 Å². The molecule has 4 nitrogen and oxygen atoms in total. The number of nitrogens with one attached hydrogen (secondary N) is 1. The highest BCUT2D eigenvalue weighted by atomic mass is 35.5. The van der Waals surface area contributed by atoms with Crippen molar-refractivity contribution < 1.29 is 9.90 Å². The molecule has 2 rings (SSSR count). The predicted molar refractivity (Wildman–Crippen MR) is 62.5 cm³/mol. The summed E-state index contributed by atoms with van der Waals surface area (Å²) in [5.74, 6) is -0.920. The van der Waals surface area contributed by atoms with Crippen molar-refractivity contribution >= 4 is 28.5 Å². The standard InChI is InChI=1S/C11H11ClN2O2/c12-7-5-14-9-3-1-2-6(11(7)9)8(13)4-10(15)16/h1-3,5,8,14H,4,13H2,(H,15,16). The molecule has 0 amide bonds. The fourth-order valence-electron chi connectivity index (χ4n) is 1.78. The van der Waals surface area contributed by atoms with Crippen molar-refractivity contribution in [2.75, 3.05) is 0 Å². The van der Waals surface area contributed by atoms with Gasteiger partial charge in [-0.3, -0.25) is 4.79 Å². The van der Waals surface area contributed by atoms with Crippen LogP contribution in [0, 0.1) is 0 Å². The molecule has 0 radical (unpaired) electrons. The number of rotatable bonds is 3. The van der Waals surface area contributed by atoms with E-state index in [9.17, 15) is 4.79 Å².